The van der Waals surface area contributed by atoms with Crippen LogP contribution in [-0.4, -0.2) is 17.1 Å². The number of rotatable bonds is 4. The van der Waals surface area contributed by atoms with Crippen LogP contribution in [0.4, 0.5) is 9.80 Å². The Morgan fingerprint density at radius 2 is 1.89 bits per heavy atom. The zero-order valence-corrected chi connectivity index (χ0v) is 10.7. The fourth-order valence-corrected chi connectivity index (χ4v) is 2.27. The van der Waals surface area contributed by atoms with Gasteiger partial charge in [0.2, 0.25) is 0 Å². The summed E-state index contributed by atoms with van der Waals surface area (Å²) in [6, 6.07) is 10.5. The van der Waals surface area contributed by atoms with Crippen molar-refractivity contribution in [2.24, 2.45) is 0 Å². The number of amides is 2. The van der Waals surface area contributed by atoms with E-state index < -0.39 is 12.0 Å². The van der Waals surface area contributed by atoms with Crippen LogP contribution in [-0.2, 0) is 6.54 Å². The van der Waals surface area contributed by atoms with Gasteiger partial charge in [-0.25, -0.2) is 9.59 Å². The van der Waals surface area contributed by atoms with E-state index in [2.05, 4.69) is 10.6 Å². The van der Waals surface area contributed by atoms with Crippen molar-refractivity contribution >= 4 is 28.3 Å². The summed E-state index contributed by atoms with van der Waals surface area (Å²) in [6.07, 6.45) is 0. The maximum atomic E-state index is 11.7. The van der Waals surface area contributed by atoms with Crippen LogP contribution in [0.1, 0.15) is 15.9 Å². The van der Waals surface area contributed by atoms with Crippen LogP contribution < -0.4 is 10.6 Å². The number of nitrogens with one attached hydrogen (secondary N) is 2. The van der Waals surface area contributed by atoms with Gasteiger partial charge in [-0.2, -0.15) is 0 Å². The quantitative estimate of drug-likeness (QED) is 0.803. The van der Waals surface area contributed by atoms with Gasteiger partial charge in [0.15, 0.2) is 0 Å². The standard InChI is InChI=1S/C13H12N2O3S/c16-12(17)10-6-7-19-11(10)15-13(18)14-8-9-4-2-1-3-5-9/h1-7H,8H2,(H,16,17)(H2,14,15,18). The SMILES string of the molecule is O=C(NCc1ccccc1)Nc1sccc1C(=O)O. The Hall–Kier alpha value is -2.34. The van der Waals surface area contributed by atoms with Gasteiger partial charge in [0.05, 0.1) is 5.56 Å². The highest BCUT2D eigenvalue weighted by Gasteiger charge is 2.13. The lowest BCUT2D eigenvalue weighted by molar-refractivity contribution is 0.0698. The van der Waals surface area contributed by atoms with Gasteiger partial charge >= 0.3 is 12.0 Å². The van der Waals surface area contributed by atoms with Crippen molar-refractivity contribution in [1.29, 1.82) is 0 Å². The molecular formula is C13H12N2O3S. The van der Waals surface area contributed by atoms with Crippen molar-refractivity contribution in [1.82, 2.24) is 5.32 Å². The average Bonchev–Trinajstić information content (AvgIpc) is 2.86. The van der Waals surface area contributed by atoms with Gasteiger partial charge in [-0.1, -0.05) is 30.3 Å². The third-order valence-electron chi connectivity index (χ3n) is 2.42. The summed E-state index contributed by atoms with van der Waals surface area (Å²) in [7, 11) is 0. The molecule has 1 heterocycles. The molecule has 0 aliphatic carbocycles. The average molecular weight is 276 g/mol. The molecule has 0 radical (unpaired) electrons. The minimum Gasteiger partial charge on any atom is -0.478 e. The fourth-order valence-electron chi connectivity index (χ4n) is 1.50. The van der Waals surface area contributed by atoms with Crippen molar-refractivity contribution in [2.75, 3.05) is 5.32 Å². The Labute approximate surface area is 113 Å². The lowest BCUT2D eigenvalue weighted by Crippen LogP contribution is -2.28. The highest BCUT2D eigenvalue weighted by Crippen LogP contribution is 2.22. The molecule has 0 unspecified atom stereocenters. The lowest BCUT2D eigenvalue weighted by atomic mass is 10.2. The van der Waals surface area contributed by atoms with E-state index in [1.54, 1.807) is 5.38 Å². The third-order valence-corrected chi connectivity index (χ3v) is 3.25. The summed E-state index contributed by atoms with van der Waals surface area (Å²) in [5, 5.41) is 16.1. The molecule has 5 nitrogen and oxygen atoms in total. The number of carbonyl (C=O) groups is 2. The van der Waals surface area contributed by atoms with Gasteiger partial charge < -0.3 is 10.4 Å². The van der Waals surface area contributed by atoms with Gasteiger partial charge in [-0.05, 0) is 17.0 Å². The van der Waals surface area contributed by atoms with Crippen molar-refractivity contribution in [3.63, 3.8) is 0 Å². The van der Waals surface area contributed by atoms with E-state index in [9.17, 15) is 9.59 Å². The Kier molecular flexibility index (Phi) is 4.15. The van der Waals surface area contributed by atoms with Crippen molar-refractivity contribution < 1.29 is 14.7 Å². The number of anilines is 1. The minimum atomic E-state index is -1.06. The zero-order valence-electron chi connectivity index (χ0n) is 9.92. The number of thiophene rings is 1. The molecule has 1 aromatic carbocycles. The van der Waals surface area contributed by atoms with Gasteiger partial charge in [-0.3, -0.25) is 5.32 Å². The second-order valence-corrected chi connectivity index (χ2v) is 4.68. The van der Waals surface area contributed by atoms with Gasteiger partial charge in [0.1, 0.15) is 5.00 Å². The molecule has 0 atom stereocenters. The Balaban J connectivity index is 1.91. The van der Waals surface area contributed by atoms with E-state index in [-0.39, 0.29) is 5.56 Å². The topological polar surface area (TPSA) is 78.4 Å². The fraction of sp³-hybridized carbons (Fsp3) is 0.0769. The Morgan fingerprint density at radius 3 is 2.58 bits per heavy atom. The number of aromatic carboxylic acids is 1. The molecule has 1 aromatic heterocycles. The van der Waals surface area contributed by atoms with Crippen LogP contribution in [0.2, 0.25) is 0 Å². The number of carboxylic acid groups (broad SMARTS) is 1. The third kappa shape index (κ3) is 3.56. The molecule has 0 spiro atoms. The van der Waals surface area contributed by atoms with E-state index in [1.807, 2.05) is 30.3 Å². The molecule has 0 bridgehead atoms. The van der Waals surface area contributed by atoms with Crippen LogP contribution >= 0.6 is 11.3 Å². The largest absolute Gasteiger partial charge is 0.478 e. The second kappa shape index (κ2) is 6.01. The Bertz CT molecular complexity index is 581. The molecule has 0 aliphatic heterocycles. The lowest BCUT2D eigenvalue weighted by Gasteiger charge is -2.06. The van der Waals surface area contributed by atoms with E-state index in [0.29, 0.717) is 11.5 Å². The molecule has 2 amide bonds. The molecule has 0 fully saturated rings. The molecule has 98 valence electrons. The number of carbonyl (C=O) groups excluding carboxylic acids is 1. The first-order chi connectivity index (χ1) is 9.16. The summed E-state index contributed by atoms with van der Waals surface area (Å²) in [4.78, 5) is 22.5. The number of carboxylic acids is 1. The highest BCUT2D eigenvalue weighted by atomic mass is 32.1. The monoisotopic (exact) mass is 276 g/mol. The first-order valence-electron chi connectivity index (χ1n) is 5.56. The van der Waals surface area contributed by atoms with Crippen molar-refractivity contribution in [3.8, 4) is 0 Å². The highest BCUT2D eigenvalue weighted by molar-refractivity contribution is 7.14. The van der Waals surface area contributed by atoms with E-state index in [0.717, 1.165) is 5.56 Å². The smallest absolute Gasteiger partial charge is 0.338 e. The minimum absolute atomic E-state index is 0.0971. The molecule has 19 heavy (non-hydrogen) atoms. The predicted molar refractivity (Wildman–Crippen MR) is 73.6 cm³/mol. The van der Waals surface area contributed by atoms with Gasteiger partial charge in [-0.15, -0.1) is 11.3 Å². The zero-order chi connectivity index (χ0) is 13.7. The summed E-state index contributed by atoms with van der Waals surface area (Å²) in [5.74, 6) is -1.06. The normalized spacial score (nSPS) is 9.89. The molecule has 6 heteroatoms. The number of hydrogen-bond acceptors (Lipinski definition) is 3. The molecule has 0 saturated heterocycles. The predicted octanol–water partition coefficient (Wildman–Crippen LogP) is 2.77. The van der Waals surface area contributed by atoms with Crippen LogP contribution in [0.5, 0.6) is 0 Å². The van der Waals surface area contributed by atoms with E-state index in [4.69, 9.17) is 5.11 Å². The van der Waals surface area contributed by atoms with Crippen LogP contribution in [0, 0.1) is 0 Å². The van der Waals surface area contributed by atoms with Crippen LogP contribution in [0.3, 0.4) is 0 Å². The number of hydrogen-bond donors (Lipinski definition) is 3. The van der Waals surface area contributed by atoms with E-state index >= 15 is 0 Å². The number of benzene rings is 1. The molecular weight excluding hydrogens is 264 g/mol. The van der Waals surface area contributed by atoms with Crippen molar-refractivity contribution in [2.45, 2.75) is 6.54 Å². The number of urea groups is 1. The summed E-state index contributed by atoms with van der Waals surface area (Å²) >= 11 is 1.18. The van der Waals surface area contributed by atoms with Gasteiger partial charge in [0.25, 0.3) is 0 Å². The maximum Gasteiger partial charge on any atom is 0.338 e. The molecule has 0 aliphatic rings. The summed E-state index contributed by atoms with van der Waals surface area (Å²) < 4.78 is 0. The molecule has 3 N–H and O–H groups in total. The second-order valence-electron chi connectivity index (χ2n) is 3.76. The summed E-state index contributed by atoms with van der Waals surface area (Å²) in [6.45, 7) is 0.389. The van der Waals surface area contributed by atoms with Gasteiger partial charge in [0, 0.05) is 6.54 Å². The van der Waals surface area contributed by atoms with Crippen LogP contribution in [0.15, 0.2) is 41.8 Å². The first-order valence-corrected chi connectivity index (χ1v) is 6.44. The molecule has 2 aromatic rings. The maximum absolute atomic E-state index is 11.7. The molecule has 2 rings (SSSR count). The van der Waals surface area contributed by atoms with Crippen LogP contribution in [0.25, 0.3) is 0 Å². The summed E-state index contributed by atoms with van der Waals surface area (Å²) in [5.41, 5.74) is 1.07. The van der Waals surface area contributed by atoms with Crippen molar-refractivity contribution in [3.05, 3.63) is 52.9 Å². The van der Waals surface area contributed by atoms with E-state index in [1.165, 1.54) is 17.4 Å². The molecule has 0 saturated carbocycles. The Morgan fingerprint density at radius 1 is 1.16 bits per heavy atom. The first kappa shape index (κ1) is 13.1.